The summed E-state index contributed by atoms with van der Waals surface area (Å²) in [5, 5.41) is 0.385. The van der Waals surface area contributed by atoms with E-state index in [2.05, 4.69) is 9.97 Å². The lowest BCUT2D eigenvalue weighted by Crippen LogP contribution is -2.02. The molecule has 4 nitrogen and oxygen atoms in total. The minimum absolute atomic E-state index is 0.00246. The smallest absolute Gasteiger partial charge is 0.316 e. The maximum absolute atomic E-state index is 10.8. The zero-order chi connectivity index (χ0) is 9.84. The number of Topliss-reactive ketones (excluding diaryl/α,β-unsaturated/α-hetero) is 1. The molecule has 0 aliphatic carbocycles. The monoisotopic (exact) mass is 200 g/mol. The van der Waals surface area contributed by atoms with E-state index in [1.807, 2.05) is 0 Å². The van der Waals surface area contributed by atoms with Gasteiger partial charge in [0.25, 0.3) is 0 Å². The molecule has 0 spiro atoms. The Morgan fingerprint density at radius 1 is 1.69 bits per heavy atom. The Morgan fingerprint density at radius 3 is 2.92 bits per heavy atom. The second-order valence-corrected chi connectivity index (χ2v) is 2.94. The third kappa shape index (κ3) is 2.66. The normalized spacial score (nSPS) is 9.77. The molecule has 0 aromatic carbocycles. The fraction of sp³-hybridized carbons (Fsp3) is 0.375. The first kappa shape index (κ1) is 9.92. The van der Waals surface area contributed by atoms with Gasteiger partial charge in [-0.15, -0.1) is 0 Å². The van der Waals surface area contributed by atoms with Crippen LogP contribution in [0.2, 0.25) is 5.02 Å². The molecule has 5 heteroatoms. The van der Waals surface area contributed by atoms with Gasteiger partial charge in [-0.2, -0.15) is 4.98 Å². The van der Waals surface area contributed by atoms with Crippen molar-refractivity contribution in [2.75, 3.05) is 7.11 Å². The van der Waals surface area contributed by atoms with Crippen LogP contribution in [0.4, 0.5) is 0 Å². The van der Waals surface area contributed by atoms with Gasteiger partial charge in [-0.1, -0.05) is 11.6 Å². The molecule has 0 radical (unpaired) electrons. The Bertz CT molecular complexity index is 328. The first-order valence-electron chi connectivity index (χ1n) is 3.68. The van der Waals surface area contributed by atoms with E-state index >= 15 is 0 Å². The Balaban J connectivity index is 2.96. The lowest BCUT2D eigenvalue weighted by Gasteiger charge is -2.02. The molecule has 0 saturated carbocycles. The molecule has 1 rings (SSSR count). The predicted molar refractivity (Wildman–Crippen MR) is 48.0 cm³/mol. The molecule has 13 heavy (non-hydrogen) atoms. The van der Waals surface area contributed by atoms with Crippen LogP contribution in [0.25, 0.3) is 0 Å². The molecule has 0 bridgehead atoms. The number of methoxy groups -OCH3 is 1. The minimum atomic E-state index is 0.00246. The maximum atomic E-state index is 10.8. The highest BCUT2D eigenvalue weighted by atomic mass is 35.5. The van der Waals surface area contributed by atoms with Crippen LogP contribution in [0, 0.1) is 0 Å². The van der Waals surface area contributed by atoms with Crippen molar-refractivity contribution in [1.82, 2.24) is 9.97 Å². The average Bonchev–Trinajstić information content (AvgIpc) is 2.08. The summed E-state index contributed by atoms with van der Waals surface area (Å²) in [6.45, 7) is 1.48. The molecule has 0 amide bonds. The summed E-state index contributed by atoms with van der Waals surface area (Å²) < 4.78 is 4.80. The molecule has 1 aromatic rings. The summed E-state index contributed by atoms with van der Waals surface area (Å²) in [7, 11) is 1.46. The number of carbonyl (C=O) groups is 1. The van der Waals surface area contributed by atoms with Gasteiger partial charge >= 0.3 is 6.01 Å². The number of hydrogen-bond donors (Lipinski definition) is 0. The van der Waals surface area contributed by atoms with Crippen LogP contribution in [0.15, 0.2) is 6.20 Å². The molecule has 0 fully saturated rings. The minimum Gasteiger partial charge on any atom is -0.467 e. The highest BCUT2D eigenvalue weighted by Gasteiger charge is 2.07. The van der Waals surface area contributed by atoms with Gasteiger partial charge in [0.2, 0.25) is 0 Å². The number of carbonyl (C=O) groups excluding carboxylic acids is 1. The summed E-state index contributed by atoms with van der Waals surface area (Å²) in [6.07, 6.45) is 1.63. The molecule has 0 N–H and O–H groups in total. The van der Waals surface area contributed by atoms with E-state index in [-0.39, 0.29) is 18.2 Å². The van der Waals surface area contributed by atoms with E-state index in [1.54, 1.807) is 0 Å². The number of hydrogen-bond acceptors (Lipinski definition) is 4. The lowest BCUT2D eigenvalue weighted by atomic mass is 10.2. The van der Waals surface area contributed by atoms with E-state index in [1.165, 1.54) is 20.2 Å². The van der Waals surface area contributed by atoms with E-state index in [4.69, 9.17) is 16.3 Å². The second-order valence-electron chi connectivity index (χ2n) is 2.53. The third-order valence-corrected chi connectivity index (χ3v) is 1.71. The van der Waals surface area contributed by atoms with Crippen LogP contribution < -0.4 is 4.74 Å². The SMILES string of the molecule is COc1ncc(Cl)c(CC(C)=O)n1. The van der Waals surface area contributed by atoms with Gasteiger partial charge in [0.05, 0.1) is 30.4 Å². The van der Waals surface area contributed by atoms with E-state index in [0.29, 0.717) is 10.7 Å². The number of rotatable bonds is 3. The van der Waals surface area contributed by atoms with Crippen LogP contribution in [-0.4, -0.2) is 22.9 Å². The van der Waals surface area contributed by atoms with E-state index in [9.17, 15) is 4.79 Å². The molecule has 1 heterocycles. The Hall–Kier alpha value is -1.16. The maximum Gasteiger partial charge on any atom is 0.316 e. The van der Waals surface area contributed by atoms with Crippen LogP contribution in [0.1, 0.15) is 12.6 Å². The van der Waals surface area contributed by atoms with Crippen molar-refractivity contribution in [3.63, 3.8) is 0 Å². The molecule has 0 aliphatic heterocycles. The van der Waals surface area contributed by atoms with Crippen LogP contribution >= 0.6 is 11.6 Å². The summed E-state index contributed by atoms with van der Waals surface area (Å²) >= 11 is 5.76. The van der Waals surface area contributed by atoms with E-state index < -0.39 is 0 Å². The molecule has 0 saturated heterocycles. The highest BCUT2D eigenvalue weighted by Crippen LogP contribution is 2.15. The summed E-state index contributed by atoms with van der Waals surface area (Å²) in [5.41, 5.74) is 0.501. The fourth-order valence-electron chi connectivity index (χ4n) is 0.842. The van der Waals surface area contributed by atoms with Gasteiger partial charge in [0.15, 0.2) is 0 Å². The number of halogens is 1. The Morgan fingerprint density at radius 2 is 2.38 bits per heavy atom. The average molecular weight is 201 g/mol. The number of nitrogens with zero attached hydrogens (tertiary/aromatic N) is 2. The number of ether oxygens (including phenoxy) is 1. The van der Waals surface area contributed by atoms with E-state index in [0.717, 1.165) is 0 Å². The van der Waals surface area contributed by atoms with Gasteiger partial charge in [-0.25, -0.2) is 4.98 Å². The Labute approximate surface area is 80.9 Å². The molecular formula is C8H9ClN2O2. The van der Waals surface area contributed by atoms with Gasteiger partial charge in [0.1, 0.15) is 5.78 Å². The van der Waals surface area contributed by atoms with Crippen molar-refractivity contribution in [3.05, 3.63) is 16.9 Å². The van der Waals surface area contributed by atoms with Crippen LogP contribution in [-0.2, 0) is 11.2 Å². The van der Waals surface area contributed by atoms with Gasteiger partial charge < -0.3 is 4.74 Å². The predicted octanol–water partition coefficient (Wildman–Crippen LogP) is 1.27. The zero-order valence-corrected chi connectivity index (χ0v) is 8.13. The van der Waals surface area contributed by atoms with Crippen molar-refractivity contribution in [2.24, 2.45) is 0 Å². The highest BCUT2D eigenvalue weighted by molar-refractivity contribution is 6.31. The largest absolute Gasteiger partial charge is 0.467 e. The second kappa shape index (κ2) is 4.18. The van der Waals surface area contributed by atoms with Gasteiger partial charge in [-0.3, -0.25) is 4.79 Å². The third-order valence-electron chi connectivity index (χ3n) is 1.39. The quantitative estimate of drug-likeness (QED) is 0.738. The summed E-state index contributed by atoms with van der Waals surface area (Å²) in [4.78, 5) is 18.5. The summed E-state index contributed by atoms with van der Waals surface area (Å²) in [5.74, 6) is 0.00246. The topological polar surface area (TPSA) is 52.1 Å². The molecule has 0 atom stereocenters. The fourth-order valence-corrected chi connectivity index (χ4v) is 1.00. The zero-order valence-electron chi connectivity index (χ0n) is 7.37. The molecule has 70 valence electrons. The van der Waals surface area contributed by atoms with Gasteiger partial charge in [-0.05, 0) is 6.92 Å². The number of ketones is 1. The van der Waals surface area contributed by atoms with Crippen molar-refractivity contribution >= 4 is 17.4 Å². The first-order valence-corrected chi connectivity index (χ1v) is 4.06. The molecule has 1 aromatic heterocycles. The first-order chi connectivity index (χ1) is 6.13. The summed E-state index contributed by atoms with van der Waals surface area (Å²) in [6, 6.07) is 0.223. The van der Waals surface area contributed by atoms with Crippen molar-refractivity contribution in [3.8, 4) is 6.01 Å². The standard InChI is InChI=1S/C8H9ClN2O2/c1-5(12)3-7-6(9)4-10-8(11-7)13-2/h4H,3H2,1-2H3. The van der Waals surface area contributed by atoms with Crippen molar-refractivity contribution < 1.29 is 9.53 Å². The number of aromatic nitrogens is 2. The molecule has 0 aliphatic rings. The van der Waals surface area contributed by atoms with Crippen molar-refractivity contribution in [1.29, 1.82) is 0 Å². The Kier molecular flexibility index (Phi) is 3.19. The lowest BCUT2D eigenvalue weighted by molar-refractivity contribution is -0.116. The van der Waals surface area contributed by atoms with Crippen LogP contribution in [0.3, 0.4) is 0 Å². The van der Waals surface area contributed by atoms with Gasteiger partial charge in [0, 0.05) is 0 Å². The molecular weight excluding hydrogens is 192 g/mol. The van der Waals surface area contributed by atoms with Crippen LogP contribution in [0.5, 0.6) is 6.01 Å². The van der Waals surface area contributed by atoms with Crippen molar-refractivity contribution in [2.45, 2.75) is 13.3 Å². The molecule has 0 unspecified atom stereocenters.